The summed E-state index contributed by atoms with van der Waals surface area (Å²) < 4.78 is 4.59. The zero-order valence-electron chi connectivity index (χ0n) is 11.1. The molecule has 0 bridgehead atoms. The lowest BCUT2D eigenvalue weighted by Gasteiger charge is -2.26. The molecular formula is C12H20N2O5. The highest BCUT2D eigenvalue weighted by atomic mass is 16.5. The van der Waals surface area contributed by atoms with Crippen LogP contribution in [0.3, 0.4) is 0 Å². The highest BCUT2D eigenvalue weighted by Crippen LogP contribution is 2.23. The molecule has 1 saturated carbocycles. The van der Waals surface area contributed by atoms with Crippen LogP contribution in [0.25, 0.3) is 0 Å². The molecule has 0 atom stereocenters. The smallest absolute Gasteiger partial charge is 0.413 e. The van der Waals surface area contributed by atoms with Crippen molar-refractivity contribution in [3.05, 3.63) is 0 Å². The monoisotopic (exact) mass is 272 g/mol. The van der Waals surface area contributed by atoms with Crippen molar-refractivity contribution in [1.82, 2.24) is 10.2 Å². The lowest BCUT2D eigenvalue weighted by Crippen LogP contribution is -2.45. The number of carboxylic acid groups (broad SMARTS) is 1. The Bertz CT molecular complexity index is 339. The second-order valence-electron chi connectivity index (χ2n) is 4.51. The normalized spacial score (nSPS) is 15.5. The van der Waals surface area contributed by atoms with Gasteiger partial charge < -0.3 is 9.84 Å². The number of rotatable bonds is 6. The van der Waals surface area contributed by atoms with Crippen LogP contribution >= 0.6 is 0 Å². The van der Waals surface area contributed by atoms with E-state index < -0.39 is 18.0 Å². The molecule has 19 heavy (non-hydrogen) atoms. The SMILES string of the molecule is CCOC(=O)NC(=O)CN(CC(=O)O)C1CCCC1. The molecule has 1 rings (SSSR count). The average molecular weight is 272 g/mol. The Kier molecular flexibility index (Phi) is 6.27. The van der Waals surface area contributed by atoms with Crippen molar-refractivity contribution >= 4 is 18.0 Å². The van der Waals surface area contributed by atoms with Crippen LogP contribution < -0.4 is 5.32 Å². The number of nitrogens with one attached hydrogen (secondary N) is 1. The summed E-state index contributed by atoms with van der Waals surface area (Å²) in [6.45, 7) is 1.52. The van der Waals surface area contributed by atoms with E-state index >= 15 is 0 Å². The molecule has 0 aromatic carbocycles. The maximum absolute atomic E-state index is 11.6. The standard InChI is InChI=1S/C12H20N2O5/c1-2-19-12(18)13-10(15)7-14(8-11(16)17)9-5-3-4-6-9/h9H,2-8H2,1H3,(H,16,17)(H,13,15,18). The van der Waals surface area contributed by atoms with Crippen LogP contribution in [0.1, 0.15) is 32.6 Å². The molecule has 0 aromatic heterocycles. The van der Waals surface area contributed by atoms with E-state index in [0.29, 0.717) is 0 Å². The fourth-order valence-electron chi connectivity index (χ4n) is 2.26. The first-order valence-electron chi connectivity index (χ1n) is 6.45. The third kappa shape index (κ3) is 5.69. The predicted octanol–water partition coefficient (Wildman–Crippen LogP) is 0.588. The van der Waals surface area contributed by atoms with Gasteiger partial charge in [0, 0.05) is 6.04 Å². The lowest BCUT2D eigenvalue weighted by atomic mass is 10.2. The number of imide groups is 1. The van der Waals surface area contributed by atoms with E-state index in [1.807, 2.05) is 0 Å². The molecule has 1 aliphatic carbocycles. The van der Waals surface area contributed by atoms with Crippen molar-refractivity contribution in [3.8, 4) is 0 Å². The van der Waals surface area contributed by atoms with E-state index in [-0.39, 0.29) is 25.7 Å². The molecule has 1 fully saturated rings. The Labute approximate surface area is 111 Å². The van der Waals surface area contributed by atoms with Gasteiger partial charge in [0.2, 0.25) is 5.91 Å². The van der Waals surface area contributed by atoms with E-state index in [4.69, 9.17) is 5.11 Å². The number of hydrogen-bond donors (Lipinski definition) is 2. The summed E-state index contributed by atoms with van der Waals surface area (Å²) in [5.41, 5.74) is 0. The van der Waals surface area contributed by atoms with Crippen molar-refractivity contribution in [2.45, 2.75) is 38.6 Å². The Morgan fingerprint density at radius 2 is 1.89 bits per heavy atom. The van der Waals surface area contributed by atoms with Crippen LogP contribution in [0.5, 0.6) is 0 Å². The van der Waals surface area contributed by atoms with Gasteiger partial charge in [-0.25, -0.2) is 4.79 Å². The number of carbonyl (C=O) groups excluding carboxylic acids is 2. The molecule has 1 aliphatic rings. The fourth-order valence-corrected chi connectivity index (χ4v) is 2.26. The second-order valence-corrected chi connectivity index (χ2v) is 4.51. The number of nitrogens with zero attached hydrogens (tertiary/aromatic N) is 1. The Hall–Kier alpha value is -1.63. The molecular weight excluding hydrogens is 252 g/mol. The van der Waals surface area contributed by atoms with Gasteiger partial charge in [-0.05, 0) is 19.8 Å². The van der Waals surface area contributed by atoms with Gasteiger partial charge in [-0.2, -0.15) is 0 Å². The van der Waals surface area contributed by atoms with E-state index in [1.54, 1.807) is 11.8 Å². The maximum Gasteiger partial charge on any atom is 0.413 e. The Morgan fingerprint density at radius 3 is 2.42 bits per heavy atom. The largest absolute Gasteiger partial charge is 0.480 e. The van der Waals surface area contributed by atoms with Crippen LogP contribution in [0.2, 0.25) is 0 Å². The topological polar surface area (TPSA) is 95.9 Å². The molecule has 0 unspecified atom stereocenters. The molecule has 0 aliphatic heterocycles. The van der Waals surface area contributed by atoms with Gasteiger partial charge in [-0.3, -0.25) is 19.8 Å². The predicted molar refractivity (Wildman–Crippen MR) is 66.6 cm³/mol. The first-order chi connectivity index (χ1) is 9.02. The summed E-state index contributed by atoms with van der Waals surface area (Å²) in [6, 6.07) is 0.101. The van der Waals surface area contributed by atoms with Gasteiger partial charge in [-0.1, -0.05) is 12.8 Å². The Balaban J connectivity index is 2.48. The quantitative estimate of drug-likeness (QED) is 0.734. The zero-order chi connectivity index (χ0) is 14.3. The average Bonchev–Trinajstić information content (AvgIpc) is 2.80. The lowest BCUT2D eigenvalue weighted by molar-refractivity contribution is -0.139. The minimum absolute atomic E-state index is 0.101. The summed E-state index contributed by atoms with van der Waals surface area (Å²) in [6.07, 6.45) is 3.06. The number of aliphatic carboxylic acids is 1. The molecule has 7 heteroatoms. The van der Waals surface area contributed by atoms with E-state index in [1.165, 1.54) is 0 Å². The third-order valence-corrected chi connectivity index (χ3v) is 3.04. The van der Waals surface area contributed by atoms with Crippen LogP contribution in [-0.4, -0.2) is 53.7 Å². The van der Waals surface area contributed by atoms with Crippen molar-refractivity contribution < 1.29 is 24.2 Å². The van der Waals surface area contributed by atoms with E-state index in [0.717, 1.165) is 25.7 Å². The molecule has 0 aromatic rings. The molecule has 2 N–H and O–H groups in total. The first-order valence-corrected chi connectivity index (χ1v) is 6.45. The van der Waals surface area contributed by atoms with Crippen LogP contribution in [0.15, 0.2) is 0 Å². The summed E-state index contributed by atoms with van der Waals surface area (Å²) >= 11 is 0. The molecule has 0 radical (unpaired) electrons. The molecule has 0 heterocycles. The van der Waals surface area contributed by atoms with Gasteiger partial charge in [0.1, 0.15) is 0 Å². The van der Waals surface area contributed by atoms with Gasteiger partial charge in [0.15, 0.2) is 0 Å². The highest BCUT2D eigenvalue weighted by Gasteiger charge is 2.26. The minimum atomic E-state index is -0.976. The molecule has 0 saturated heterocycles. The summed E-state index contributed by atoms with van der Waals surface area (Å²) in [4.78, 5) is 35.1. The van der Waals surface area contributed by atoms with Crippen molar-refractivity contribution in [2.75, 3.05) is 19.7 Å². The minimum Gasteiger partial charge on any atom is -0.480 e. The number of hydrogen-bond acceptors (Lipinski definition) is 5. The summed E-state index contributed by atoms with van der Waals surface area (Å²) in [5.74, 6) is -1.51. The summed E-state index contributed by atoms with van der Waals surface area (Å²) in [7, 11) is 0. The summed E-state index contributed by atoms with van der Waals surface area (Å²) in [5, 5.41) is 10.9. The molecule has 2 amide bonds. The maximum atomic E-state index is 11.6. The van der Waals surface area contributed by atoms with E-state index in [2.05, 4.69) is 10.1 Å². The number of alkyl carbamates (subject to hydrolysis) is 1. The van der Waals surface area contributed by atoms with E-state index in [9.17, 15) is 14.4 Å². The van der Waals surface area contributed by atoms with Crippen molar-refractivity contribution in [3.63, 3.8) is 0 Å². The van der Waals surface area contributed by atoms with Crippen LogP contribution in [-0.2, 0) is 14.3 Å². The second kappa shape index (κ2) is 7.73. The van der Waals surface area contributed by atoms with Crippen molar-refractivity contribution in [1.29, 1.82) is 0 Å². The van der Waals surface area contributed by atoms with Gasteiger partial charge >= 0.3 is 12.1 Å². The number of carbonyl (C=O) groups is 3. The molecule has 108 valence electrons. The number of ether oxygens (including phenoxy) is 1. The van der Waals surface area contributed by atoms with Crippen LogP contribution in [0.4, 0.5) is 4.79 Å². The molecule has 7 nitrogen and oxygen atoms in total. The zero-order valence-corrected chi connectivity index (χ0v) is 11.1. The van der Waals surface area contributed by atoms with Gasteiger partial charge in [-0.15, -0.1) is 0 Å². The van der Waals surface area contributed by atoms with Gasteiger partial charge in [0.05, 0.1) is 19.7 Å². The third-order valence-electron chi connectivity index (χ3n) is 3.04. The number of amides is 2. The number of carboxylic acids is 1. The fraction of sp³-hybridized carbons (Fsp3) is 0.750. The first kappa shape index (κ1) is 15.4. The molecule has 0 spiro atoms. The van der Waals surface area contributed by atoms with Gasteiger partial charge in [0.25, 0.3) is 0 Å². The van der Waals surface area contributed by atoms with Crippen LogP contribution in [0, 0.1) is 0 Å². The Morgan fingerprint density at radius 1 is 1.26 bits per heavy atom. The highest BCUT2D eigenvalue weighted by molar-refractivity contribution is 5.93. The van der Waals surface area contributed by atoms with Crippen molar-refractivity contribution in [2.24, 2.45) is 0 Å².